The molecule has 0 aliphatic rings. The molecule has 0 saturated carbocycles. The standard InChI is InChI=1S/C15H11FO2Te/c16-12-7-4-8-13(9-12)19-14(10-15(17)18)11-5-2-1-3-6-11/h1-10H,(H,17,18). The molecule has 0 amide bonds. The van der Waals surface area contributed by atoms with E-state index in [2.05, 4.69) is 0 Å². The van der Waals surface area contributed by atoms with Gasteiger partial charge in [0.05, 0.1) is 0 Å². The first-order valence-electron chi connectivity index (χ1n) is 5.58. The summed E-state index contributed by atoms with van der Waals surface area (Å²) < 4.78 is 14.8. The summed E-state index contributed by atoms with van der Waals surface area (Å²) in [5.74, 6) is -1.26. The zero-order valence-corrected chi connectivity index (χ0v) is 12.2. The molecule has 96 valence electrons. The van der Waals surface area contributed by atoms with E-state index >= 15 is 0 Å². The van der Waals surface area contributed by atoms with E-state index in [0.717, 1.165) is 12.8 Å². The van der Waals surface area contributed by atoms with Gasteiger partial charge in [-0.1, -0.05) is 0 Å². The van der Waals surface area contributed by atoms with Crippen molar-refractivity contribution in [2.45, 2.75) is 0 Å². The number of benzene rings is 2. The third kappa shape index (κ3) is 4.20. The molecule has 0 spiro atoms. The number of carboxylic acids is 1. The van der Waals surface area contributed by atoms with Gasteiger partial charge in [-0.2, -0.15) is 0 Å². The van der Waals surface area contributed by atoms with Crippen molar-refractivity contribution in [1.29, 1.82) is 0 Å². The molecule has 0 bridgehead atoms. The van der Waals surface area contributed by atoms with E-state index in [0.29, 0.717) is 0 Å². The van der Waals surface area contributed by atoms with Gasteiger partial charge in [-0.15, -0.1) is 0 Å². The van der Waals surface area contributed by atoms with Crippen LogP contribution in [0.2, 0.25) is 0 Å². The van der Waals surface area contributed by atoms with Crippen LogP contribution in [-0.2, 0) is 4.79 Å². The van der Waals surface area contributed by atoms with Gasteiger partial charge in [-0.25, -0.2) is 0 Å². The Morgan fingerprint density at radius 3 is 2.47 bits per heavy atom. The van der Waals surface area contributed by atoms with Crippen LogP contribution < -0.4 is 3.61 Å². The van der Waals surface area contributed by atoms with Crippen LogP contribution >= 0.6 is 0 Å². The quantitative estimate of drug-likeness (QED) is 0.663. The molecule has 0 fully saturated rings. The summed E-state index contributed by atoms with van der Waals surface area (Å²) in [7, 11) is 0. The first kappa shape index (κ1) is 13.8. The Balaban J connectivity index is 2.33. The van der Waals surface area contributed by atoms with Crippen LogP contribution in [0, 0.1) is 5.82 Å². The van der Waals surface area contributed by atoms with Gasteiger partial charge in [0, 0.05) is 0 Å². The van der Waals surface area contributed by atoms with Crippen LogP contribution in [0.15, 0.2) is 60.7 Å². The van der Waals surface area contributed by atoms with Gasteiger partial charge in [0.2, 0.25) is 0 Å². The molecule has 0 heterocycles. The molecular weight excluding hydrogens is 359 g/mol. The number of hydrogen-bond donors (Lipinski definition) is 1. The zero-order chi connectivity index (χ0) is 13.7. The van der Waals surface area contributed by atoms with Crippen LogP contribution in [0.4, 0.5) is 4.39 Å². The predicted molar refractivity (Wildman–Crippen MR) is 73.8 cm³/mol. The number of carbonyl (C=O) groups is 1. The maximum atomic E-state index is 13.2. The molecule has 2 aromatic carbocycles. The monoisotopic (exact) mass is 372 g/mol. The second-order valence-corrected chi connectivity index (χ2v) is 6.96. The van der Waals surface area contributed by atoms with Crippen molar-refractivity contribution < 1.29 is 14.3 Å². The van der Waals surface area contributed by atoms with Crippen LogP contribution in [0.1, 0.15) is 5.56 Å². The molecule has 2 aromatic rings. The summed E-state index contributed by atoms with van der Waals surface area (Å²) >= 11 is -0.930. The molecule has 4 heteroatoms. The van der Waals surface area contributed by atoms with Gasteiger partial charge in [0.15, 0.2) is 0 Å². The Bertz CT molecular complexity index is 609. The van der Waals surface area contributed by atoms with E-state index in [1.54, 1.807) is 6.07 Å². The second-order valence-electron chi connectivity index (χ2n) is 3.77. The van der Waals surface area contributed by atoms with Crippen LogP contribution in [0.25, 0.3) is 3.62 Å². The average Bonchev–Trinajstić information content (AvgIpc) is 2.38. The first-order chi connectivity index (χ1) is 9.15. The fraction of sp³-hybridized carbons (Fsp3) is 0. The topological polar surface area (TPSA) is 37.3 Å². The van der Waals surface area contributed by atoms with E-state index in [9.17, 15) is 9.18 Å². The summed E-state index contributed by atoms with van der Waals surface area (Å²) in [6.07, 6.45) is 1.22. The second kappa shape index (κ2) is 6.51. The van der Waals surface area contributed by atoms with Crippen LogP contribution in [0.5, 0.6) is 0 Å². The molecule has 0 aliphatic carbocycles. The van der Waals surface area contributed by atoms with Crippen LogP contribution in [0.3, 0.4) is 0 Å². The van der Waals surface area contributed by atoms with Crippen molar-refractivity contribution in [2.24, 2.45) is 0 Å². The fourth-order valence-corrected chi connectivity index (χ4v) is 4.36. The third-order valence-corrected chi connectivity index (χ3v) is 5.37. The van der Waals surface area contributed by atoms with E-state index < -0.39 is 26.9 Å². The SMILES string of the molecule is O=C(O)C=C([Te]c1cccc(F)c1)c1ccccc1. The molecule has 0 aromatic heterocycles. The molecule has 0 unspecified atom stereocenters. The van der Waals surface area contributed by atoms with Crippen molar-refractivity contribution in [3.63, 3.8) is 0 Å². The van der Waals surface area contributed by atoms with E-state index in [4.69, 9.17) is 5.11 Å². The average molecular weight is 370 g/mol. The molecule has 1 N–H and O–H groups in total. The Kier molecular flexibility index (Phi) is 4.73. The van der Waals surface area contributed by atoms with Crippen molar-refractivity contribution in [3.05, 3.63) is 72.1 Å². The summed E-state index contributed by atoms with van der Waals surface area (Å²) in [4.78, 5) is 10.9. The summed E-state index contributed by atoms with van der Waals surface area (Å²) in [6.45, 7) is 0. The van der Waals surface area contributed by atoms with E-state index in [1.807, 2.05) is 36.4 Å². The number of carboxylic acid groups (broad SMARTS) is 1. The fourth-order valence-electron chi connectivity index (χ4n) is 1.54. The van der Waals surface area contributed by atoms with E-state index in [-0.39, 0.29) is 5.82 Å². The molecule has 0 radical (unpaired) electrons. The van der Waals surface area contributed by atoms with Crippen LogP contribution in [-0.4, -0.2) is 32.0 Å². The molecule has 2 rings (SSSR count). The van der Waals surface area contributed by atoms with Gasteiger partial charge < -0.3 is 0 Å². The van der Waals surface area contributed by atoms with Gasteiger partial charge in [-0.05, 0) is 0 Å². The van der Waals surface area contributed by atoms with Crippen molar-refractivity contribution >= 4 is 34.1 Å². The first-order valence-corrected chi connectivity index (χ1v) is 7.91. The minimum atomic E-state index is -0.972. The zero-order valence-electron chi connectivity index (χ0n) is 9.92. The molecule has 0 atom stereocenters. The number of halogens is 1. The van der Waals surface area contributed by atoms with Crippen molar-refractivity contribution in [2.75, 3.05) is 0 Å². The molecule has 0 saturated heterocycles. The number of hydrogen-bond acceptors (Lipinski definition) is 1. The Labute approximate surface area is 120 Å². The third-order valence-electron chi connectivity index (χ3n) is 2.34. The minimum absolute atomic E-state index is 0.287. The molecule has 0 aliphatic heterocycles. The molecular formula is C15H11FO2Te. The van der Waals surface area contributed by atoms with Crippen molar-refractivity contribution in [1.82, 2.24) is 0 Å². The Morgan fingerprint density at radius 1 is 1.11 bits per heavy atom. The molecule has 2 nitrogen and oxygen atoms in total. The molecule has 19 heavy (non-hydrogen) atoms. The maximum absolute atomic E-state index is 13.2. The van der Waals surface area contributed by atoms with E-state index in [1.165, 1.54) is 18.2 Å². The number of aliphatic carboxylic acids is 1. The Morgan fingerprint density at radius 2 is 1.84 bits per heavy atom. The van der Waals surface area contributed by atoms with Crippen molar-refractivity contribution in [3.8, 4) is 0 Å². The number of rotatable bonds is 4. The van der Waals surface area contributed by atoms with Gasteiger partial charge >= 0.3 is 120 Å². The summed E-state index contributed by atoms with van der Waals surface area (Å²) in [5.41, 5.74) is 0.886. The predicted octanol–water partition coefficient (Wildman–Crippen LogP) is 2.28. The van der Waals surface area contributed by atoms with Gasteiger partial charge in [0.1, 0.15) is 0 Å². The van der Waals surface area contributed by atoms with Gasteiger partial charge in [-0.3, -0.25) is 0 Å². The summed E-state index contributed by atoms with van der Waals surface area (Å²) in [6, 6.07) is 15.7. The Hall–Kier alpha value is -1.63. The normalized spacial score (nSPS) is 11.3. The summed E-state index contributed by atoms with van der Waals surface area (Å²) in [5, 5.41) is 8.95. The van der Waals surface area contributed by atoms with Gasteiger partial charge in [0.25, 0.3) is 0 Å².